The number of methoxy groups -OCH3 is 1. The molecule has 3 rings (SSSR count). The molecular formula is C15H22N2O2. The lowest BCUT2D eigenvalue weighted by atomic mass is 9.73. The molecule has 0 aliphatic carbocycles. The van der Waals surface area contributed by atoms with Crippen molar-refractivity contribution in [1.82, 2.24) is 9.88 Å². The first-order valence-corrected chi connectivity index (χ1v) is 7.07. The summed E-state index contributed by atoms with van der Waals surface area (Å²) in [4.78, 5) is 6.58. The Hall–Kier alpha value is -1.13. The molecule has 2 fully saturated rings. The quantitative estimate of drug-likeness (QED) is 0.884. The normalized spacial score (nSPS) is 35.1. The van der Waals surface area contributed by atoms with E-state index in [1.165, 1.54) is 19.3 Å². The second-order valence-corrected chi connectivity index (χ2v) is 5.93. The molecular weight excluding hydrogens is 240 g/mol. The molecule has 0 saturated carbocycles. The fourth-order valence-corrected chi connectivity index (χ4v) is 3.70. The molecule has 2 aliphatic heterocycles. The number of hydrogen-bond acceptors (Lipinski definition) is 4. The van der Waals surface area contributed by atoms with Gasteiger partial charge >= 0.3 is 0 Å². The lowest BCUT2D eigenvalue weighted by Gasteiger charge is -2.50. The van der Waals surface area contributed by atoms with Crippen LogP contribution in [0.15, 0.2) is 18.3 Å². The summed E-state index contributed by atoms with van der Waals surface area (Å²) in [5.74, 6) is 0.579. The highest BCUT2D eigenvalue weighted by molar-refractivity contribution is 5.28. The Labute approximate surface area is 114 Å². The lowest BCUT2D eigenvalue weighted by Crippen LogP contribution is -2.55. The number of pyridine rings is 1. The molecule has 0 aromatic carbocycles. The van der Waals surface area contributed by atoms with E-state index in [-0.39, 0.29) is 0 Å². The molecule has 0 spiro atoms. The average Bonchev–Trinajstić information content (AvgIpc) is 2.41. The standard InChI is InChI=1S/C15H22N2O2/c1-17-12-4-3-5-13(17)10-15(18,9-12)11-6-7-16-14(8-11)19-2/h6-8,12-13,18H,3-5,9-10H2,1-2H3. The molecule has 2 saturated heterocycles. The first-order chi connectivity index (χ1) is 9.12. The van der Waals surface area contributed by atoms with E-state index >= 15 is 0 Å². The highest BCUT2D eigenvalue weighted by Gasteiger charge is 2.44. The van der Waals surface area contributed by atoms with Crippen molar-refractivity contribution in [3.05, 3.63) is 23.9 Å². The zero-order valence-corrected chi connectivity index (χ0v) is 11.7. The van der Waals surface area contributed by atoms with Crippen molar-refractivity contribution in [2.24, 2.45) is 0 Å². The molecule has 1 aromatic heterocycles. The summed E-state index contributed by atoms with van der Waals surface area (Å²) >= 11 is 0. The fourth-order valence-electron chi connectivity index (χ4n) is 3.70. The predicted octanol–water partition coefficient (Wildman–Crippen LogP) is 1.92. The minimum Gasteiger partial charge on any atom is -0.481 e. The molecule has 1 aromatic rings. The van der Waals surface area contributed by atoms with Gasteiger partial charge in [0.2, 0.25) is 5.88 Å². The van der Waals surface area contributed by atoms with Gasteiger partial charge in [0.1, 0.15) is 0 Å². The molecule has 3 heterocycles. The van der Waals surface area contributed by atoms with E-state index in [0.29, 0.717) is 18.0 Å². The van der Waals surface area contributed by atoms with E-state index in [2.05, 4.69) is 16.9 Å². The van der Waals surface area contributed by atoms with Gasteiger partial charge in [-0.25, -0.2) is 4.98 Å². The van der Waals surface area contributed by atoms with Crippen molar-refractivity contribution >= 4 is 0 Å². The third-order valence-corrected chi connectivity index (χ3v) is 4.85. The van der Waals surface area contributed by atoms with E-state index in [9.17, 15) is 5.11 Å². The summed E-state index contributed by atoms with van der Waals surface area (Å²) in [5.41, 5.74) is 0.225. The van der Waals surface area contributed by atoms with Crippen molar-refractivity contribution < 1.29 is 9.84 Å². The lowest BCUT2D eigenvalue weighted by molar-refractivity contribution is -0.0875. The molecule has 2 atom stereocenters. The summed E-state index contributed by atoms with van der Waals surface area (Å²) in [6, 6.07) is 4.79. The number of aromatic nitrogens is 1. The second-order valence-electron chi connectivity index (χ2n) is 5.93. The molecule has 2 bridgehead atoms. The Morgan fingerprint density at radius 3 is 2.68 bits per heavy atom. The minimum absolute atomic E-state index is 0.497. The van der Waals surface area contributed by atoms with Crippen LogP contribution in [0.4, 0.5) is 0 Å². The topological polar surface area (TPSA) is 45.6 Å². The van der Waals surface area contributed by atoms with Crippen molar-refractivity contribution in [3.8, 4) is 5.88 Å². The maximum atomic E-state index is 11.1. The highest BCUT2D eigenvalue weighted by atomic mass is 16.5. The fraction of sp³-hybridized carbons (Fsp3) is 0.667. The number of piperidine rings is 2. The van der Waals surface area contributed by atoms with Gasteiger partial charge in [-0.15, -0.1) is 0 Å². The van der Waals surface area contributed by atoms with Crippen LogP contribution in [0.1, 0.15) is 37.7 Å². The minimum atomic E-state index is -0.724. The van der Waals surface area contributed by atoms with Gasteiger partial charge in [-0.05, 0) is 44.4 Å². The first kappa shape index (κ1) is 12.9. The number of fused-ring (bicyclic) bond motifs is 2. The number of ether oxygens (including phenoxy) is 1. The number of hydrogen-bond donors (Lipinski definition) is 1. The first-order valence-electron chi connectivity index (χ1n) is 7.07. The van der Waals surface area contributed by atoms with Crippen LogP contribution in [0, 0.1) is 0 Å². The predicted molar refractivity (Wildman–Crippen MR) is 73.1 cm³/mol. The summed E-state index contributed by atoms with van der Waals surface area (Å²) < 4.78 is 5.17. The van der Waals surface area contributed by atoms with Crippen LogP contribution in [0.2, 0.25) is 0 Å². The maximum Gasteiger partial charge on any atom is 0.213 e. The highest BCUT2D eigenvalue weighted by Crippen LogP contribution is 2.43. The molecule has 2 aliphatic rings. The molecule has 0 radical (unpaired) electrons. The Morgan fingerprint density at radius 2 is 2.05 bits per heavy atom. The smallest absolute Gasteiger partial charge is 0.213 e. The zero-order valence-electron chi connectivity index (χ0n) is 11.7. The van der Waals surface area contributed by atoms with Gasteiger partial charge in [-0.3, -0.25) is 0 Å². The van der Waals surface area contributed by atoms with Gasteiger partial charge in [-0.1, -0.05) is 6.42 Å². The van der Waals surface area contributed by atoms with Gasteiger partial charge in [0.05, 0.1) is 12.7 Å². The SMILES string of the molecule is COc1cc(C2(O)CC3CCCC(C2)N3C)ccn1. The van der Waals surface area contributed by atoms with Gasteiger partial charge in [-0.2, -0.15) is 0 Å². The van der Waals surface area contributed by atoms with Crippen LogP contribution in [0.5, 0.6) is 5.88 Å². The molecule has 104 valence electrons. The Balaban J connectivity index is 1.90. The summed E-state index contributed by atoms with van der Waals surface area (Å²) in [6.45, 7) is 0. The molecule has 19 heavy (non-hydrogen) atoms. The maximum absolute atomic E-state index is 11.1. The third kappa shape index (κ3) is 2.23. The summed E-state index contributed by atoms with van der Waals surface area (Å²) in [6.07, 6.45) is 7.02. The van der Waals surface area contributed by atoms with Crippen LogP contribution in [0.25, 0.3) is 0 Å². The Morgan fingerprint density at radius 1 is 1.37 bits per heavy atom. The molecule has 4 heteroatoms. The van der Waals surface area contributed by atoms with E-state index in [1.54, 1.807) is 13.3 Å². The van der Waals surface area contributed by atoms with Crippen molar-refractivity contribution in [1.29, 1.82) is 0 Å². The van der Waals surface area contributed by atoms with Crippen LogP contribution in [-0.2, 0) is 5.60 Å². The Kier molecular flexibility index (Phi) is 3.23. The van der Waals surface area contributed by atoms with E-state index in [4.69, 9.17) is 4.74 Å². The van der Waals surface area contributed by atoms with Gasteiger partial charge < -0.3 is 14.7 Å². The summed E-state index contributed by atoms with van der Waals surface area (Å²) in [7, 11) is 3.81. The van der Waals surface area contributed by atoms with Gasteiger partial charge in [0, 0.05) is 24.3 Å². The average molecular weight is 262 g/mol. The van der Waals surface area contributed by atoms with Crippen molar-refractivity contribution in [2.45, 2.75) is 49.8 Å². The molecule has 1 N–H and O–H groups in total. The van der Waals surface area contributed by atoms with E-state index < -0.39 is 5.60 Å². The summed E-state index contributed by atoms with van der Waals surface area (Å²) in [5, 5.41) is 11.1. The van der Waals surface area contributed by atoms with Crippen LogP contribution < -0.4 is 4.74 Å². The second kappa shape index (κ2) is 4.76. The van der Waals surface area contributed by atoms with Crippen molar-refractivity contribution in [3.63, 3.8) is 0 Å². The molecule has 0 amide bonds. The molecule has 4 nitrogen and oxygen atoms in total. The number of nitrogens with zero attached hydrogens (tertiary/aromatic N) is 2. The number of rotatable bonds is 2. The van der Waals surface area contributed by atoms with Gasteiger partial charge in [0.25, 0.3) is 0 Å². The van der Waals surface area contributed by atoms with E-state index in [1.807, 2.05) is 12.1 Å². The number of aliphatic hydroxyl groups is 1. The zero-order chi connectivity index (χ0) is 13.5. The van der Waals surface area contributed by atoms with E-state index in [0.717, 1.165) is 18.4 Å². The monoisotopic (exact) mass is 262 g/mol. The van der Waals surface area contributed by atoms with Crippen LogP contribution >= 0.6 is 0 Å². The largest absolute Gasteiger partial charge is 0.481 e. The Bertz CT molecular complexity index is 449. The van der Waals surface area contributed by atoms with Crippen LogP contribution in [0.3, 0.4) is 0 Å². The van der Waals surface area contributed by atoms with Crippen molar-refractivity contribution in [2.75, 3.05) is 14.2 Å². The van der Waals surface area contributed by atoms with Crippen LogP contribution in [-0.4, -0.2) is 41.2 Å². The third-order valence-electron chi connectivity index (χ3n) is 4.85. The molecule has 2 unspecified atom stereocenters. The van der Waals surface area contributed by atoms with Gasteiger partial charge in [0.15, 0.2) is 0 Å².